The maximum Gasteiger partial charge on any atom is 0.340 e. The average molecular weight is 238 g/mol. The molecule has 5 nitrogen and oxygen atoms in total. The molecule has 0 spiro atoms. The van der Waals surface area contributed by atoms with E-state index in [4.69, 9.17) is 10.5 Å². The topological polar surface area (TPSA) is 74.4 Å². The van der Waals surface area contributed by atoms with Gasteiger partial charge in [0.2, 0.25) is 5.88 Å². The summed E-state index contributed by atoms with van der Waals surface area (Å²) in [5.74, 6) is 0.240. The normalized spacial score (nSPS) is 12.3. The van der Waals surface area contributed by atoms with Gasteiger partial charge in [-0.1, -0.05) is 13.8 Å². The molecule has 1 heterocycles. The smallest absolute Gasteiger partial charge is 0.340 e. The molecule has 0 saturated carbocycles. The zero-order chi connectivity index (χ0) is 13.0. The van der Waals surface area contributed by atoms with Gasteiger partial charge >= 0.3 is 5.97 Å². The molecule has 0 aliphatic heterocycles. The number of hydrogen-bond acceptors (Lipinski definition) is 5. The van der Waals surface area contributed by atoms with Gasteiger partial charge in [0.05, 0.1) is 30.7 Å². The maximum absolute atomic E-state index is 11.4. The molecule has 17 heavy (non-hydrogen) atoms. The highest BCUT2D eigenvalue weighted by Gasteiger charge is 2.15. The van der Waals surface area contributed by atoms with Crippen LogP contribution in [0.5, 0.6) is 5.88 Å². The quantitative estimate of drug-likeness (QED) is 0.810. The summed E-state index contributed by atoms with van der Waals surface area (Å²) < 4.78 is 10.2. The van der Waals surface area contributed by atoms with Crippen LogP contribution in [0.1, 0.15) is 31.1 Å². The Hall–Kier alpha value is -1.78. The van der Waals surface area contributed by atoms with Crippen LogP contribution >= 0.6 is 0 Å². The van der Waals surface area contributed by atoms with Crippen molar-refractivity contribution in [1.82, 2.24) is 4.98 Å². The van der Waals surface area contributed by atoms with E-state index < -0.39 is 5.97 Å². The van der Waals surface area contributed by atoms with Crippen LogP contribution in [-0.4, -0.2) is 24.2 Å². The van der Waals surface area contributed by atoms with Crippen molar-refractivity contribution in [3.05, 3.63) is 17.8 Å². The number of nitrogen functional groups attached to an aromatic ring is 1. The molecule has 0 aliphatic carbocycles. The standard InChI is InChI=1S/C12H18N2O3/c1-7(2)8(3)17-11-5-9(12(15)16-4)10(13)6-14-11/h5-8H,13H2,1-4H3. The number of methoxy groups -OCH3 is 1. The maximum atomic E-state index is 11.4. The molecule has 0 radical (unpaired) electrons. The Morgan fingerprint density at radius 2 is 2.06 bits per heavy atom. The number of anilines is 1. The molecule has 94 valence electrons. The summed E-state index contributed by atoms with van der Waals surface area (Å²) in [7, 11) is 1.31. The number of aromatic nitrogens is 1. The SMILES string of the molecule is COC(=O)c1cc(OC(C)C(C)C)ncc1N. The van der Waals surface area contributed by atoms with Gasteiger partial charge in [0.25, 0.3) is 0 Å². The van der Waals surface area contributed by atoms with Crippen molar-refractivity contribution >= 4 is 11.7 Å². The third kappa shape index (κ3) is 3.34. The van der Waals surface area contributed by atoms with E-state index in [0.717, 1.165) is 0 Å². The lowest BCUT2D eigenvalue weighted by atomic mass is 10.1. The van der Waals surface area contributed by atoms with E-state index in [2.05, 4.69) is 9.72 Å². The Morgan fingerprint density at radius 1 is 1.41 bits per heavy atom. The van der Waals surface area contributed by atoms with Gasteiger partial charge in [-0.15, -0.1) is 0 Å². The zero-order valence-corrected chi connectivity index (χ0v) is 10.6. The Labute approximate surface area is 101 Å². The van der Waals surface area contributed by atoms with Crippen molar-refractivity contribution in [2.75, 3.05) is 12.8 Å². The summed E-state index contributed by atoms with van der Waals surface area (Å²) in [5, 5.41) is 0. The number of nitrogens with zero attached hydrogens (tertiary/aromatic N) is 1. The Morgan fingerprint density at radius 3 is 2.59 bits per heavy atom. The van der Waals surface area contributed by atoms with Gasteiger partial charge in [-0.3, -0.25) is 0 Å². The van der Waals surface area contributed by atoms with Crippen LogP contribution in [0.2, 0.25) is 0 Å². The third-order valence-electron chi connectivity index (χ3n) is 2.56. The summed E-state index contributed by atoms with van der Waals surface area (Å²) >= 11 is 0. The lowest BCUT2D eigenvalue weighted by molar-refractivity contribution is 0.0600. The van der Waals surface area contributed by atoms with Crippen LogP contribution in [-0.2, 0) is 4.74 Å². The van der Waals surface area contributed by atoms with E-state index in [1.165, 1.54) is 19.4 Å². The summed E-state index contributed by atoms with van der Waals surface area (Å²) in [6.07, 6.45) is 1.41. The molecule has 0 saturated heterocycles. The largest absolute Gasteiger partial charge is 0.474 e. The van der Waals surface area contributed by atoms with Gasteiger partial charge in [-0.05, 0) is 12.8 Å². The number of rotatable bonds is 4. The molecule has 1 aromatic heterocycles. The number of carbonyl (C=O) groups excluding carboxylic acids is 1. The van der Waals surface area contributed by atoms with E-state index in [1.54, 1.807) is 0 Å². The molecule has 0 aliphatic rings. The van der Waals surface area contributed by atoms with Crippen molar-refractivity contribution in [3.63, 3.8) is 0 Å². The second-order valence-corrected chi connectivity index (χ2v) is 4.17. The number of carbonyl (C=O) groups is 1. The molecule has 1 aromatic rings. The van der Waals surface area contributed by atoms with Gasteiger partial charge in [-0.2, -0.15) is 0 Å². The highest BCUT2D eigenvalue weighted by molar-refractivity contribution is 5.95. The first-order chi connectivity index (χ1) is 7.95. The fourth-order valence-electron chi connectivity index (χ4n) is 1.12. The van der Waals surface area contributed by atoms with Gasteiger partial charge in [0, 0.05) is 6.07 Å². The highest BCUT2D eigenvalue weighted by atomic mass is 16.5. The van der Waals surface area contributed by atoms with E-state index in [9.17, 15) is 4.79 Å². The van der Waals surface area contributed by atoms with E-state index in [0.29, 0.717) is 11.8 Å². The van der Waals surface area contributed by atoms with Crippen molar-refractivity contribution in [2.24, 2.45) is 5.92 Å². The van der Waals surface area contributed by atoms with Gasteiger partial charge in [0.15, 0.2) is 0 Å². The molecule has 1 rings (SSSR count). The predicted molar refractivity (Wildman–Crippen MR) is 64.9 cm³/mol. The number of hydrogen-bond donors (Lipinski definition) is 1. The summed E-state index contributed by atoms with van der Waals surface area (Å²) in [5.41, 5.74) is 6.19. The minimum Gasteiger partial charge on any atom is -0.474 e. The number of ether oxygens (including phenoxy) is 2. The second-order valence-electron chi connectivity index (χ2n) is 4.17. The van der Waals surface area contributed by atoms with Gasteiger partial charge in [0.1, 0.15) is 0 Å². The second kappa shape index (κ2) is 5.52. The summed E-state index contributed by atoms with van der Waals surface area (Å²) in [4.78, 5) is 15.4. The molecule has 1 atom stereocenters. The first-order valence-electron chi connectivity index (χ1n) is 5.46. The summed E-state index contributed by atoms with van der Waals surface area (Å²) in [6, 6.07) is 1.50. The molecule has 0 bridgehead atoms. The van der Waals surface area contributed by atoms with Gasteiger partial charge in [-0.25, -0.2) is 9.78 Å². The molecule has 0 aromatic carbocycles. The minimum absolute atomic E-state index is 0.0108. The van der Waals surface area contributed by atoms with Crippen LogP contribution in [0.3, 0.4) is 0 Å². The summed E-state index contributed by atoms with van der Waals surface area (Å²) in [6.45, 7) is 6.03. The molecule has 0 amide bonds. The molecular weight excluding hydrogens is 220 g/mol. The zero-order valence-electron chi connectivity index (χ0n) is 10.6. The molecule has 2 N–H and O–H groups in total. The minimum atomic E-state index is -0.494. The highest BCUT2D eigenvalue weighted by Crippen LogP contribution is 2.19. The molecule has 0 fully saturated rings. The van der Waals surface area contributed by atoms with Crippen LogP contribution in [0, 0.1) is 5.92 Å². The van der Waals surface area contributed by atoms with Gasteiger partial charge < -0.3 is 15.2 Å². The van der Waals surface area contributed by atoms with Crippen LogP contribution in [0.15, 0.2) is 12.3 Å². The van der Waals surface area contributed by atoms with Crippen molar-refractivity contribution < 1.29 is 14.3 Å². The Bertz CT molecular complexity index is 405. The molecule has 1 unspecified atom stereocenters. The first-order valence-corrected chi connectivity index (χ1v) is 5.46. The van der Waals surface area contributed by atoms with E-state index in [1.807, 2.05) is 20.8 Å². The van der Waals surface area contributed by atoms with Crippen LogP contribution in [0.4, 0.5) is 5.69 Å². The number of pyridine rings is 1. The van der Waals surface area contributed by atoms with E-state index >= 15 is 0 Å². The first kappa shape index (κ1) is 13.3. The average Bonchev–Trinajstić information content (AvgIpc) is 2.30. The number of nitrogens with two attached hydrogens (primary N) is 1. The van der Waals surface area contributed by atoms with Crippen molar-refractivity contribution in [3.8, 4) is 5.88 Å². The molecular formula is C12H18N2O3. The third-order valence-corrected chi connectivity index (χ3v) is 2.56. The lowest BCUT2D eigenvalue weighted by Crippen LogP contribution is -2.19. The Kier molecular flexibility index (Phi) is 4.31. The van der Waals surface area contributed by atoms with Crippen molar-refractivity contribution in [1.29, 1.82) is 0 Å². The predicted octanol–water partition coefficient (Wildman–Crippen LogP) is 1.87. The monoisotopic (exact) mass is 238 g/mol. The Balaban J connectivity index is 2.93. The molecule has 5 heteroatoms. The van der Waals surface area contributed by atoms with E-state index in [-0.39, 0.29) is 17.4 Å². The van der Waals surface area contributed by atoms with Crippen LogP contribution in [0.25, 0.3) is 0 Å². The lowest BCUT2D eigenvalue weighted by Gasteiger charge is -2.17. The number of esters is 1. The fourth-order valence-corrected chi connectivity index (χ4v) is 1.12. The van der Waals surface area contributed by atoms with Crippen molar-refractivity contribution in [2.45, 2.75) is 26.9 Å². The van der Waals surface area contributed by atoms with Crippen LogP contribution < -0.4 is 10.5 Å². The fraction of sp³-hybridized carbons (Fsp3) is 0.500.